The summed E-state index contributed by atoms with van der Waals surface area (Å²) in [6.45, 7) is 0. The molecule has 21 heavy (non-hydrogen) atoms. The summed E-state index contributed by atoms with van der Waals surface area (Å²) in [5.74, 6) is -0.941. The van der Waals surface area contributed by atoms with E-state index in [1.807, 2.05) is 0 Å². The minimum atomic E-state index is -4.65. The van der Waals surface area contributed by atoms with E-state index in [1.165, 1.54) is 19.2 Å². The highest BCUT2D eigenvalue weighted by molar-refractivity contribution is 5.95. The van der Waals surface area contributed by atoms with Gasteiger partial charge in [0.25, 0.3) is 0 Å². The first-order valence-electron chi connectivity index (χ1n) is 5.78. The van der Waals surface area contributed by atoms with Crippen molar-refractivity contribution in [2.24, 2.45) is 0 Å². The first-order valence-corrected chi connectivity index (χ1v) is 5.78. The molecule has 2 aromatic rings. The van der Waals surface area contributed by atoms with Gasteiger partial charge in [0.15, 0.2) is 0 Å². The number of aromatic carboxylic acids is 1. The van der Waals surface area contributed by atoms with E-state index in [4.69, 9.17) is 9.84 Å². The second-order valence-electron chi connectivity index (χ2n) is 4.15. The first kappa shape index (κ1) is 14.8. The lowest BCUT2D eigenvalue weighted by Gasteiger charge is -2.11. The van der Waals surface area contributed by atoms with Gasteiger partial charge in [-0.2, -0.15) is 13.2 Å². The quantitative estimate of drug-likeness (QED) is 0.942. The molecule has 2 rings (SSSR count). The lowest BCUT2D eigenvalue weighted by molar-refractivity contribution is -0.141. The molecule has 0 aliphatic rings. The van der Waals surface area contributed by atoms with Crippen LogP contribution in [0.4, 0.5) is 13.2 Å². The monoisotopic (exact) mass is 297 g/mol. The van der Waals surface area contributed by atoms with Crippen LogP contribution in [0.3, 0.4) is 0 Å². The van der Waals surface area contributed by atoms with Crippen LogP contribution in [0.15, 0.2) is 36.5 Å². The van der Waals surface area contributed by atoms with Crippen LogP contribution in [0.25, 0.3) is 11.1 Å². The minimum absolute atomic E-state index is 0.0660. The van der Waals surface area contributed by atoms with Crippen molar-refractivity contribution in [3.63, 3.8) is 0 Å². The highest BCUT2D eigenvalue weighted by Gasteiger charge is 2.33. The maximum atomic E-state index is 12.7. The van der Waals surface area contributed by atoms with Crippen molar-refractivity contribution in [2.75, 3.05) is 7.11 Å². The fourth-order valence-corrected chi connectivity index (χ4v) is 1.81. The number of rotatable bonds is 3. The van der Waals surface area contributed by atoms with Gasteiger partial charge in [0.05, 0.1) is 12.7 Å². The Labute approximate surface area is 117 Å². The summed E-state index contributed by atoms with van der Waals surface area (Å²) >= 11 is 0. The molecule has 7 heteroatoms. The number of methoxy groups -OCH3 is 1. The Bertz CT molecular complexity index is 683. The number of benzene rings is 1. The van der Waals surface area contributed by atoms with Gasteiger partial charge in [-0.1, -0.05) is 12.1 Å². The SMILES string of the molecule is COc1cccc(-c2cc(C(F)(F)F)ncc2C(=O)O)c1. The van der Waals surface area contributed by atoms with Gasteiger partial charge in [-0.05, 0) is 23.8 Å². The van der Waals surface area contributed by atoms with Gasteiger partial charge in [0.2, 0.25) is 0 Å². The van der Waals surface area contributed by atoms with E-state index in [-0.39, 0.29) is 11.1 Å². The zero-order valence-corrected chi connectivity index (χ0v) is 10.8. The molecule has 0 aliphatic carbocycles. The summed E-state index contributed by atoms with van der Waals surface area (Å²) in [6, 6.07) is 6.86. The second kappa shape index (κ2) is 5.43. The molecule has 0 atom stereocenters. The fourth-order valence-electron chi connectivity index (χ4n) is 1.81. The number of alkyl halides is 3. The molecule has 110 valence electrons. The van der Waals surface area contributed by atoms with E-state index in [1.54, 1.807) is 12.1 Å². The summed E-state index contributed by atoms with van der Waals surface area (Å²) in [4.78, 5) is 14.3. The molecule has 0 aliphatic heterocycles. The van der Waals surface area contributed by atoms with Crippen LogP contribution in [0.2, 0.25) is 0 Å². The van der Waals surface area contributed by atoms with Crippen molar-refractivity contribution >= 4 is 5.97 Å². The van der Waals surface area contributed by atoms with E-state index < -0.39 is 17.8 Å². The summed E-state index contributed by atoms with van der Waals surface area (Å²) in [6.07, 6.45) is -3.94. The number of carbonyl (C=O) groups is 1. The van der Waals surface area contributed by atoms with Crippen molar-refractivity contribution in [3.8, 4) is 16.9 Å². The van der Waals surface area contributed by atoms with Crippen molar-refractivity contribution < 1.29 is 27.8 Å². The van der Waals surface area contributed by atoms with Crippen molar-refractivity contribution in [1.29, 1.82) is 0 Å². The molecular formula is C14H10F3NO3. The summed E-state index contributed by atoms with van der Waals surface area (Å²) < 4.78 is 43.2. The van der Waals surface area contributed by atoms with Gasteiger partial charge < -0.3 is 9.84 Å². The van der Waals surface area contributed by atoms with Gasteiger partial charge in [-0.15, -0.1) is 0 Å². The smallest absolute Gasteiger partial charge is 0.433 e. The number of carboxylic acid groups (broad SMARTS) is 1. The third-order valence-electron chi connectivity index (χ3n) is 2.81. The van der Waals surface area contributed by atoms with Crippen LogP contribution in [-0.2, 0) is 6.18 Å². The van der Waals surface area contributed by atoms with Gasteiger partial charge in [0, 0.05) is 11.8 Å². The van der Waals surface area contributed by atoms with E-state index in [2.05, 4.69) is 4.98 Å². The molecule has 0 bridgehead atoms. The Balaban J connectivity index is 2.65. The number of nitrogens with zero attached hydrogens (tertiary/aromatic N) is 1. The number of halogens is 3. The Morgan fingerprint density at radius 3 is 2.57 bits per heavy atom. The van der Waals surface area contributed by atoms with E-state index >= 15 is 0 Å². The zero-order chi connectivity index (χ0) is 15.6. The van der Waals surface area contributed by atoms with Crippen molar-refractivity contribution in [3.05, 3.63) is 47.8 Å². The van der Waals surface area contributed by atoms with Crippen LogP contribution >= 0.6 is 0 Å². The van der Waals surface area contributed by atoms with Crippen molar-refractivity contribution in [2.45, 2.75) is 6.18 Å². The largest absolute Gasteiger partial charge is 0.497 e. The average Bonchev–Trinajstić information content (AvgIpc) is 2.45. The van der Waals surface area contributed by atoms with Gasteiger partial charge in [-0.3, -0.25) is 4.98 Å². The van der Waals surface area contributed by atoms with E-state index in [0.717, 1.165) is 6.07 Å². The molecule has 0 saturated heterocycles. The molecule has 0 amide bonds. The Morgan fingerprint density at radius 1 is 1.29 bits per heavy atom. The van der Waals surface area contributed by atoms with Gasteiger partial charge in [0.1, 0.15) is 11.4 Å². The first-order chi connectivity index (χ1) is 9.82. The van der Waals surface area contributed by atoms with Crippen LogP contribution in [0.5, 0.6) is 5.75 Å². The maximum absolute atomic E-state index is 12.7. The number of pyridine rings is 1. The topological polar surface area (TPSA) is 59.4 Å². The van der Waals surface area contributed by atoms with Crippen LogP contribution in [-0.4, -0.2) is 23.2 Å². The fraction of sp³-hybridized carbons (Fsp3) is 0.143. The molecule has 1 N–H and O–H groups in total. The molecule has 0 unspecified atom stereocenters. The van der Waals surface area contributed by atoms with Crippen LogP contribution in [0.1, 0.15) is 16.1 Å². The predicted octanol–water partition coefficient (Wildman–Crippen LogP) is 3.47. The highest BCUT2D eigenvalue weighted by Crippen LogP contribution is 2.33. The Kier molecular flexibility index (Phi) is 3.84. The number of hydrogen-bond acceptors (Lipinski definition) is 3. The molecule has 4 nitrogen and oxygen atoms in total. The molecule has 0 fully saturated rings. The standard InChI is InChI=1S/C14H10F3NO3/c1-21-9-4-2-3-8(5-9)10-6-12(14(15,16)17)18-7-11(10)13(19)20/h2-7H,1H3,(H,19,20). The molecule has 0 saturated carbocycles. The lowest BCUT2D eigenvalue weighted by Crippen LogP contribution is -2.10. The molecule has 1 heterocycles. The number of carboxylic acids is 1. The lowest BCUT2D eigenvalue weighted by atomic mass is 10.0. The normalized spacial score (nSPS) is 11.2. The summed E-state index contributed by atoms with van der Waals surface area (Å²) in [7, 11) is 1.41. The number of aromatic nitrogens is 1. The van der Waals surface area contributed by atoms with Gasteiger partial charge >= 0.3 is 12.1 Å². The predicted molar refractivity (Wildman–Crippen MR) is 68.2 cm³/mol. The Morgan fingerprint density at radius 2 is 2.00 bits per heavy atom. The van der Waals surface area contributed by atoms with Crippen LogP contribution < -0.4 is 4.74 Å². The second-order valence-corrected chi connectivity index (χ2v) is 4.15. The molecule has 0 spiro atoms. The highest BCUT2D eigenvalue weighted by atomic mass is 19.4. The summed E-state index contributed by atoms with van der Waals surface area (Å²) in [5, 5.41) is 9.09. The number of hydrogen-bond donors (Lipinski definition) is 1. The third-order valence-corrected chi connectivity index (χ3v) is 2.81. The van der Waals surface area contributed by atoms with E-state index in [0.29, 0.717) is 17.5 Å². The minimum Gasteiger partial charge on any atom is -0.497 e. The van der Waals surface area contributed by atoms with Crippen LogP contribution in [0, 0.1) is 0 Å². The van der Waals surface area contributed by atoms with Crippen molar-refractivity contribution in [1.82, 2.24) is 4.98 Å². The Hall–Kier alpha value is -2.57. The maximum Gasteiger partial charge on any atom is 0.433 e. The molecule has 1 aromatic heterocycles. The summed E-state index contributed by atoms with van der Waals surface area (Å²) in [5.41, 5.74) is -1.22. The molecular weight excluding hydrogens is 287 g/mol. The average molecular weight is 297 g/mol. The van der Waals surface area contributed by atoms with Gasteiger partial charge in [-0.25, -0.2) is 4.79 Å². The number of ether oxygens (including phenoxy) is 1. The molecule has 0 radical (unpaired) electrons. The zero-order valence-electron chi connectivity index (χ0n) is 10.8. The van der Waals surface area contributed by atoms with E-state index in [9.17, 15) is 18.0 Å². The third kappa shape index (κ3) is 3.13. The molecule has 1 aromatic carbocycles.